The molecule has 0 bridgehead atoms. The first-order valence-corrected chi connectivity index (χ1v) is 8.68. The molecule has 0 aliphatic carbocycles. The van der Waals surface area contributed by atoms with E-state index in [0.29, 0.717) is 42.0 Å². The Morgan fingerprint density at radius 2 is 1.96 bits per heavy atom. The number of ether oxygens (including phenoxy) is 2. The number of carbonyl (C=O) groups is 2. The van der Waals surface area contributed by atoms with Gasteiger partial charge in [0.2, 0.25) is 11.8 Å². The van der Waals surface area contributed by atoms with E-state index in [4.69, 9.17) is 21.1 Å². The molecule has 1 aliphatic rings. The van der Waals surface area contributed by atoms with Gasteiger partial charge in [0.1, 0.15) is 24.7 Å². The summed E-state index contributed by atoms with van der Waals surface area (Å²) < 4.78 is 11.1. The molecule has 0 radical (unpaired) electrons. The Kier molecular flexibility index (Phi) is 5.96. The SMILES string of the molecule is O=C(CN1C(=O)CCOc2ccccc21)NCCOc1ccc(Cl)cc1. The highest BCUT2D eigenvalue weighted by Gasteiger charge is 2.24. The second-order valence-electron chi connectivity index (χ2n) is 5.70. The number of rotatable bonds is 6. The van der Waals surface area contributed by atoms with E-state index in [1.807, 2.05) is 12.1 Å². The average Bonchev–Trinajstić information content (AvgIpc) is 2.80. The van der Waals surface area contributed by atoms with Gasteiger partial charge in [0.15, 0.2) is 0 Å². The monoisotopic (exact) mass is 374 g/mol. The van der Waals surface area contributed by atoms with Gasteiger partial charge in [-0.1, -0.05) is 23.7 Å². The molecule has 0 spiro atoms. The molecule has 3 rings (SSSR count). The number of hydrogen-bond acceptors (Lipinski definition) is 4. The maximum atomic E-state index is 12.3. The first kappa shape index (κ1) is 18.1. The highest BCUT2D eigenvalue weighted by atomic mass is 35.5. The van der Waals surface area contributed by atoms with Crippen molar-refractivity contribution in [2.24, 2.45) is 0 Å². The number of para-hydroxylation sites is 2. The molecule has 1 heterocycles. The molecule has 1 aliphatic heterocycles. The van der Waals surface area contributed by atoms with Gasteiger partial charge < -0.3 is 14.8 Å². The first-order valence-electron chi connectivity index (χ1n) is 8.31. The Morgan fingerprint density at radius 1 is 1.19 bits per heavy atom. The van der Waals surface area contributed by atoms with Crippen molar-refractivity contribution in [2.45, 2.75) is 6.42 Å². The minimum absolute atomic E-state index is 0.0554. The lowest BCUT2D eigenvalue weighted by Gasteiger charge is -2.21. The van der Waals surface area contributed by atoms with Gasteiger partial charge in [-0.3, -0.25) is 14.5 Å². The number of carbonyl (C=O) groups excluding carboxylic acids is 2. The van der Waals surface area contributed by atoms with Crippen LogP contribution in [0.2, 0.25) is 5.02 Å². The van der Waals surface area contributed by atoms with Crippen LogP contribution in [0.4, 0.5) is 5.69 Å². The van der Waals surface area contributed by atoms with Crippen molar-refractivity contribution in [1.29, 1.82) is 0 Å². The molecule has 7 heteroatoms. The van der Waals surface area contributed by atoms with Crippen molar-refractivity contribution >= 4 is 29.1 Å². The van der Waals surface area contributed by atoms with Crippen molar-refractivity contribution in [3.05, 3.63) is 53.6 Å². The predicted octanol–water partition coefficient (Wildman–Crippen LogP) is 2.65. The van der Waals surface area contributed by atoms with Gasteiger partial charge in [0, 0.05) is 5.02 Å². The first-order chi connectivity index (χ1) is 12.6. The molecule has 0 fully saturated rings. The number of benzene rings is 2. The minimum atomic E-state index is -0.255. The second-order valence-corrected chi connectivity index (χ2v) is 6.13. The molecule has 2 aromatic rings. The third-order valence-corrected chi connectivity index (χ3v) is 4.09. The van der Waals surface area contributed by atoms with Crippen molar-refractivity contribution in [3.63, 3.8) is 0 Å². The van der Waals surface area contributed by atoms with Crippen LogP contribution >= 0.6 is 11.6 Å². The summed E-state index contributed by atoms with van der Waals surface area (Å²) in [6, 6.07) is 14.2. The van der Waals surface area contributed by atoms with Crippen LogP contribution in [0.15, 0.2) is 48.5 Å². The maximum absolute atomic E-state index is 12.3. The molecule has 0 saturated heterocycles. The summed E-state index contributed by atoms with van der Waals surface area (Å²) >= 11 is 5.81. The molecule has 136 valence electrons. The molecule has 2 aromatic carbocycles. The van der Waals surface area contributed by atoms with E-state index >= 15 is 0 Å². The van der Waals surface area contributed by atoms with Crippen molar-refractivity contribution in [3.8, 4) is 11.5 Å². The fraction of sp³-hybridized carbons (Fsp3) is 0.263. The summed E-state index contributed by atoms with van der Waals surface area (Å²) in [6.45, 7) is 0.908. The number of nitrogens with one attached hydrogen (secondary N) is 1. The number of hydrogen-bond donors (Lipinski definition) is 1. The predicted molar refractivity (Wildman–Crippen MR) is 98.9 cm³/mol. The van der Waals surface area contributed by atoms with Crippen molar-refractivity contribution in [2.75, 3.05) is 31.2 Å². The summed E-state index contributed by atoms with van der Waals surface area (Å²) in [7, 11) is 0. The van der Waals surface area contributed by atoms with Gasteiger partial charge in [-0.2, -0.15) is 0 Å². The van der Waals surface area contributed by atoms with Gasteiger partial charge in [-0.15, -0.1) is 0 Å². The highest BCUT2D eigenvalue weighted by molar-refractivity contribution is 6.30. The topological polar surface area (TPSA) is 67.9 Å². The number of nitrogens with zero attached hydrogens (tertiary/aromatic N) is 1. The van der Waals surface area contributed by atoms with Gasteiger partial charge in [-0.05, 0) is 36.4 Å². The maximum Gasteiger partial charge on any atom is 0.240 e. The fourth-order valence-electron chi connectivity index (χ4n) is 2.58. The van der Waals surface area contributed by atoms with Crippen LogP contribution in [0.1, 0.15) is 6.42 Å². The molecule has 1 N–H and O–H groups in total. The van der Waals surface area contributed by atoms with E-state index < -0.39 is 0 Å². The molecule has 0 aromatic heterocycles. The summed E-state index contributed by atoms with van der Waals surface area (Å²) in [4.78, 5) is 26.0. The Labute approximate surface area is 156 Å². The van der Waals surface area contributed by atoms with E-state index in [1.165, 1.54) is 4.90 Å². The van der Waals surface area contributed by atoms with Crippen LogP contribution in [-0.2, 0) is 9.59 Å². The van der Waals surface area contributed by atoms with Gasteiger partial charge in [-0.25, -0.2) is 0 Å². The Balaban J connectivity index is 1.51. The standard InChI is InChI=1S/C19H19ClN2O4/c20-14-5-7-15(8-6-14)25-12-10-21-18(23)13-22-16-3-1-2-4-17(16)26-11-9-19(22)24/h1-8H,9-13H2,(H,21,23). The van der Waals surface area contributed by atoms with E-state index in [9.17, 15) is 9.59 Å². The van der Waals surface area contributed by atoms with Gasteiger partial charge in [0.25, 0.3) is 0 Å². The minimum Gasteiger partial charge on any atom is -0.492 e. The van der Waals surface area contributed by atoms with Crippen LogP contribution in [-0.4, -0.2) is 38.1 Å². The number of halogens is 1. The van der Waals surface area contributed by atoms with Crippen molar-refractivity contribution in [1.82, 2.24) is 5.32 Å². The van der Waals surface area contributed by atoms with Crippen molar-refractivity contribution < 1.29 is 19.1 Å². The molecule has 0 unspecified atom stereocenters. The molecule has 6 nitrogen and oxygen atoms in total. The van der Waals surface area contributed by atoms with Crippen LogP contribution in [0.5, 0.6) is 11.5 Å². The number of amides is 2. The van der Waals surface area contributed by atoms with Gasteiger partial charge in [0.05, 0.1) is 25.3 Å². The smallest absolute Gasteiger partial charge is 0.240 e. The molecular formula is C19H19ClN2O4. The highest BCUT2D eigenvalue weighted by Crippen LogP contribution is 2.30. The third kappa shape index (κ3) is 4.67. The largest absolute Gasteiger partial charge is 0.492 e. The zero-order valence-electron chi connectivity index (χ0n) is 14.1. The van der Waals surface area contributed by atoms with E-state index in [0.717, 1.165) is 0 Å². The Hall–Kier alpha value is -2.73. The van der Waals surface area contributed by atoms with E-state index in [1.54, 1.807) is 36.4 Å². The lowest BCUT2D eigenvalue weighted by molar-refractivity contribution is -0.124. The molecular weight excluding hydrogens is 356 g/mol. The summed E-state index contributed by atoms with van der Waals surface area (Å²) in [6.07, 6.45) is 0.238. The molecule has 0 saturated carbocycles. The van der Waals surface area contributed by atoms with Crippen LogP contribution in [0, 0.1) is 0 Å². The van der Waals surface area contributed by atoms with Crippen LogP contribution < -0.4 is 19.7 Å². The lowest BCUT2D eigenvalue weighted by Crippen LogP contribution is -2.41. The lowest BCUT2D eigenvalue weighted by atomic mass is 10.2. The summed E-state index contributed by atoms with van der Waals surface area (Å²) in [5.41, 5.74) is 0.613. The third-order valence-electron chi connectivity index (χ3n) is 3.84. The normalized spacial score (nSPS) is 13.4. The number of fused-ring (bicyclic) bond motifs is 1. The Morgan fingerprint density at radius 3 is 2.77 bits per heavy atom. The van der Waals surface area contributed by atoms with E-state index in [-0.39, 0.29) is 24.8 Å². The van der Waals surface area contributed by atoms with E-state index in [2.05, 4.69) is 5.32 Å². The zero-order chi connectivity index (χ0) is 18.4. The molecule has 2 amide bonds. The second kappa shape index (κ2) is 8.58. The molecule has 0 atom stereocenters. The van der Waals surface area contributed by atoms with Crippen LogP contribution in [0.25, 0.3) is 0 Å². The quantitative estimate of drug-likeness (QED) is 0.789. The molecule has 26 heavy (non-hydrogen) atoms. The summed E-state index contributed by atoms with van der Waals surface area (Å²) in [5.74, 6) is 0.895. The Bertz CT molecular complexity index is 779. The zero-order valence-corrected chi connectivity index (χ0v) is 14.9. The van der Waals surface area contributed by atoms with Gasteiger partial charge >= 0.3 is 0 Å². The fourth-order valence-corrected chi connectivity index (χ4v) is 2.71. The van der Waals surface area contributed by atoms with Crippen LogP contribution in [0.3, 0.4) is 0 Å². The summed E-state index contributed by atoms with van der Waals surface area (Å²) in [5, 5.41) is 3.39. The average molecular weight is 375 g/mol. The number of anilines is 1.